The fourth-order valence-corrected chi connectivity index (χ4v) is 5.77. The maximum Gasteiger partial charge on any atom is 0.259 e. The first-order chi connectivity index (χ1) is 14.9. The quantitative estimate of drug-likeness (QED) is 0.681. The topological polar surface area (TPSA) is 79.3 Å². The number of aliphatic imine (C=N–C) groups is 1. The number of amidine groups is 1. The molecule has 0 aromatic heterocycles. The molecule has 7 nitrogen and oxygen atoms in total. The van der Waals surface area contributed by atoms with Gasteiger partial charge >= 0.3 is 0 Å². The number of nitrogens with zero attached hydrogens (tertiary/aromatic N) is 3. The first-order valence-electron chi connectivity index (χ1n) is 9.87. The second-order valence-corrected chi connectivity index (χ2v) is 9.96. The van der Waals surface area contributed by atoms with Gasteiger partial charge in [-0.1, -0.05) is 23.9 Å². The van der Waals surface area contributed by atoms with E-state index in [4.69, 9.17) is 4.74 Å². The van der Waals surface area contributed by atoms with Crippen LogP contribution in [0.5, 0.6) is 0 Å². The molecule has 31 heavy (non-hydrogen) atoms. The second-order valence-electron chi connectivity index (χ2n) is 7.08. The number of thioether (sulfide) groups is 1. The zero-order valence-corrected chi connectivity index (χ0v) is 18.4. The molecule has 2 aliphatic rings. The number of morpholine rings is 1. The van der Waals surface area contributed by atoms with Crippen molar-refractivity contribution in [3.8, 4) is 0 Å². The minimum absolute atomic E-state index is 0.154. The molecule has 1 fully saturated rings. The Kier molecular flexibility index (Phi) is 6.71. The van der Waals surface area contributed by atoms with E-state index in [2.05, 4.69) is 4.99 Å². The number of rotatable bonds is 5. The Morgan fingerprint density at radius 2 is 1.84 bits per heavy atom. The van der Waals surface area contributed by atoms with Gasteiger partial charge in [0.1, 0.15) is 5.82 Å². The van der Waals surface area contributed by atoms with Crippen molar-refractivity contribution < 1.29 is 22.3 Å². The van der Waals surface area contributed by atoms with Gasteiger partial charge in [0, 0.05) is 31.0 Å². The molecule has 4 rings (SSSR count). The van der Waals surface area contributed by atoms with Crippen LogP contribution >= 0.6 is 11.8 Å². The van der Waals surface area contributed by atoms with Crippen molar-refractivity contribution >= 4 is 32.9 Å². The Labute approximate surface area is 185 Å². The molecule has 0 spiro atoms. The van der Waals surface area contributed by atoms with Crippen molar-refractivity contribution in [2.24, 2.45) is 4.99 Å². The van der Waals surface area contributed by atoms with E-state index < -0.39 is 10.0 Å². The summed E-state index contributed by atoms with van der Waals surface area (Å²) < 4.78 is 45.5. The maximum absolute atomic E-state index is 13.4. The standard InChI is InChI=1S/C21H22FN3O4S2/c22-18-3-1-2-16(14-18)15-30-21-23-8-9-25(21)20(26)17-4-6-19(7-5-17)31(27,28)24-10-12-29-13-11-24/h1-7,14H,8-13,15H2. The Balaban J connectivity index is 1.43. The van der Waals surface area contributed by atoms with Crippen LogP contribution in [-0.4, -0.2) is 68.1 Å². The lowest BCUT2D eigenvalue weighted by Crippen LogP contribution is -2.40. The van der Waals surface area contributed by atoms with E-state index in [1.165, 1.54) is 52.5 Å². The number of sulfonamides is 1. The number of hydrogen-bond donors (Lipinski definition) is 0. The van der Waals surface area contributed by atoms with Crippen molar-refractivity contribution in [2.45, 2.75) is 10.6 Å². The van der Waals surface area contributed by atoms with Crippen LogP contribution in [-0.2, 0) is 20.5 Å². The van der Waals surface area contributed by atoms with Gasteiger partial charge in [-0.25, -0.2) is 12.8 Å². The molecule has 2 heterocycles. The van der Waals surface area contributed by atoms with Gasteiger partial charge in [-0.3, -0.25) is 14.7 Å². The Bertz CT molecular complexity index is 1080. The molecule has 0 N–H and O–H groups in total. The van der Waals surface area contributed by atoms with Crippen molar-refractivity contribution in [1.29, 1.82) is 0 Å². The fraction of sp³-hybridized carbons (Fsp3) is 0.333. The number of benzene rings is 2. The summed E-state index contributed by atoms with van der Waals surface area (Å²) in [5.41, 5.74) is 1.20. The number of carbonyl (C=O) groups is 1. The second kappa shape index (κ2) is 9.47. The summed E-state index contributed by atoms with van der Waals surface area (Å²) in [4.78, 5) is 19.1. The summed E-state index contributed by atoms with van der Waals surface area (Å²) >= 11 is 1.38. The molecule has 0 saturated carbocycles. The van der Waals surface area contributed by atoms with Gasteiger partial charge in [-0.2, -0.15) is 4.31 Å². The largest absolute Gasteiger partial charge is 0.379 e. The van der Waals surface area contributed by atoms with Gasteiger partial charge < -0.3 is 4.74 Å². The molecule has 0 unspecified atom stereocenters. The van der Waals surface area contributed by atoms with Gasteiger partial charge in [-0.05, 0) is 42.0 Å². The fourth-order valence-electron chi connectivity index (χ4n) is 3.37. The SMILES string of the molecule is O=C(c1ccc(S(=O)(=O)N2CCOCC2)cc1)N1CCN=C1SCc1cccc(F)c1. The third-order valence-corrected chi connectivity index (χ3v) is 8.01. The van der Waals surface area contributed by atoms with Crippen molar-refractivity contribution in [3.63, 3.8) is 0 Å². The first kappa shape index (κ1) is 21.9. The highest BCUT2D eigenvalue weighted by Crippen LogP contribution is 2.23. The minimum Gasteiger partial charge on any atom is -0.379 e. The van der Waals surface area contributed by atoms with Crippen molar-refractivity contribution in [2.75, 3.05) is 39.4 Å². The molecule has 2 aromatic carbocycles. The smallest absolute Gasteiger partial charge is 0.259 e. The number of amides is 1. The number of hydrogen-bond acceptors (Lipinski definition) is 6. The Morgan fingerprint density at radius 1 is 1.10 bits per heavy atom. The lowest BCUT2D eigenvalue weighted by molar-refractivity contribution is 0.0730. The van der Waals surface area contributed by atoms with Gasteiger partial charge in [0.2, 0.25) is 10.0 Å². The van der Waals surface area contributed by atoms with E-state index >= 15 is 0 Å². The summed E-state index contributed by atoms with van der Waals surface area (Å²) in [6.45, 7) is 2.34. The normalized spacial score (nSPS) is 17.6. The van der Waals surface area contributed by atoms with E-state index in [-0.39, 0.29) is 16.6 Å². The summed E-state index contributed by atoms with van der Waals surface area (Å²) in [6, 6.07) is 12.3. The van der Waals surface area contributed by atoms with Crippen LogP contribution in [0.4, 0.5) is 4.39 Å². The van der Waals surface area contributed by atoms with Crippen LogP contribution in [0.3, 0.4) is 0 Å². The molecule has 1 saturated heterocycles. The summed E-state index contributed by atoms with van der Waals surface area (Å²) in [5, 5.41) is 0.583. The Morgan fingerprint density at radius 3 is 2.55 bits per heavy atom. The highest BCUT2D eigenvalue weighted by atomic mass is 32.2. The van der Waals surface area contributed by atoms with Crippen molar-refractivity contribution in [3.05, 3.63) is 65.5 Å². The summed E-state index contributed by atoms with van der Waals surface area (Å²) in [5.74, 6) is -0.0401. The molecule has 10 heteroatoms. The van der Waals surface area contributed by atoms with Gasteiger partial charge in [0.15, 0.2) is 5.17 Å². The highest BCUT2D eigenvalue weighted by Gasteiger charge is 2.28. The molecule has 164 valence electrons. The maximum atomic E-state index is 13.4. The van der Waals surface area contributed by atoms with Crippen LogP contribution in [0.2, 0.25) is 0 Å². The monoisotopic (exact) mass is 463 g/mol. The van der Waals surface area contributed by atoms with Crippen molar-refractivity contribution in [1.82, 2.24) is 9.21 Å². The third kappa shape index (κ3) is 4.98. The van der Waals surface area contributed by atoms with Crippen LogP contribution in [0.15, 0.2) is 58.4 Å². The average Bonchev–Trinajstić information content (AvgIpc) is 3.26. The average molecular weight is 464 g/mol. The molecule has 0 radical (unpaired) electrons. The predicted octanol–water partition coefficient (Wildman–Crippen LogP) is 2.59. The lowest BCUT2D eigenvalue weighted by atomic mass is 10.2. The summed E-state index contributed by atoms with van der Waals surface area (Å²) in [7, 11) is -3.61. The van der Waals surface area contributed by atoms with E-state index in [0.717, 1.165) is 5.56 Å². The van der Waals surface area contributed by atoms with Crippen LogP contribution < -0.4 is 0 Å². The molecule has 2 aromatic rings. The lowest BCUT2D eigenvalue weighted by Gasteiger charge is -2.26. The molecular formula is C21H22FN3O4S2. The van der Waals surface area contributed by atoms with Crippen LogP contribution in [0.1, 0.15) is 15.9 Å². The minimum atomic E-state index is -3.61. The number of ether oxygens (including phenoxy) is 1. The highest BCUT2D eigenvalue weighted by molar-refractivity contribution is 8.13. The zero-order valence-electron chi connectivity index (χ0n) is 16.7. The number of halogens is 1. The van der Waals surface area contributed by atoms with Gasteiger partial charge in [-0.15, -0.1) is 0 Å². The van der Waals surface area contributed by atoms with E-state index in [0.29, 0.717) is 55.9 Å². The van der Waals surface area contributed by atoms with Crippen LogP contribution in [0.25, 0.3) is 0 Å². The van der Waals surface area contributed by atoms with E-state index in [1.807, 2.05) is 6.07 Å². The Hall–Kier alpha value is -2.27. The molecule has 1 amide bonds. The number of carbonyl (C=O) groups excluding carboxylic acids is 1. The van der Waals surface area contributed by atoms with E-state index in [1.54, 1.807) is 11.0 Å². The molecule has 0 aliphatic carbocycles. The van der Waals surface area contributed by atoms with E-state index in [9.17, 15) is 17.6 Å². The molecule has 0 bridgehead atoms. The molecule has 0 atom stereocenters. The molecular weight excluding hydrogens is 441 g/mol. The van der Waals surface area contributed by atoms with Crippen LogP contribution in [0, 0.1) is 5.82 Å². The zero-order chi connectivity index (χ0) is 21.8. The first-order valence-corrected chi connectivity index (χ1v) is 12.3. The predicted molar refractivity (Wildman–Crippen MR) is 117 cm³/mol. The molecule has 2 aliphatic heterocycles. The van der Waals surface area contributed by atoms with Gasteiger partial charge in [0.05, 0.1) is 24.7 Å². The third-order valence-electron chi connectivity index (χ3n) is 5.01. The van der Waals surface area contributed by atoms with Gasteiger partial charge in [0.25, 0.3) is 5.91 Å². The summed E-state index contributed by atoms with van der Waals surface area (Å²) in [6.07, 6.45) is 0.